The summed E-state index contributed by atoms with van der Waals surface area (Å²) in [5.74, 6) is 0.788. The third kappa shape index (κ3) is 3.93. The highest BCUT2D eigenvalue weighted by Gasteiger charge is 2.46. The van der Waals surface area contributed by atoms with Gasteiger partial charge < -0.3 is 24.1 Å². The molecular weight excluding hydrogens is 321 g/mol. The van der Waals surface area contributed by atoms with Crippen LogP contribution in [0.25, 0.3) is 0 Å². The van der Waals surface area contributed by atoms with Gasteiger partial charge in [-0.15, -0.1) is 0 Å². The van der Waals surface area contributed by atoms with Gasteiger partial charge in [-0.05, 0) is 58.7 Å². The summed E-state index contributed by atoms with van der Waals surface area (Å²) in [6.07, 6.45) is -0.760. The Kier molecular flexibility index (Phi) is 4.49. The average molecular weight is 347 g/mol. The number of amides is 1. The van der Waals surface area contributed by atoms with E-state index in [0.717, 1.165) is 22.3 Å². The third-order valence-electron chi connectivity index (χ3n) is 4.14. The molecule has 1 aromatic carbocycles. The summed E-state index contributed by atoms with van der Waals surface area (Å²) < 4.78 is 23.5. The van der Waals surface area contributed by atoms with Crippen LogP contribution >= 0.6 is 0 Å². The molecule has 1 atom stereocenters. The minimum absolute atomic E-state index is 0.301. The smallest absolute Gasteiger partial charge is 0.491 e. The third-order valence-corrected chi connectivity index (χ3v) is 4.14. The van der Waals surface area contributed by atoms with E-state index in [4.69, 9.17) is 18.8 Å². The fourth-order valence-electron chi connectivity index (χ4n) is 3.11. The molecule has 1 aromatic rings. The number of aryl methyl sites for hydroxylation is 1. The van der Waals surface area contributed by atoms with Gasteiger partial charge in [-0.1, -0.05) is 6.07 Å². The highest BCUT2D eigenvalue weighted by atomic mass is 16.6. The van der Waals surface area contributed by atoms with E-state index in [1.165, 1.54) is 0 Å². The molecule has 3 rings (SSSR count). The maximum absolute atomic E-state index is 12.0. The van der Waals surface area contributed by atoms with Crippen LogP contribution in [0.1, 0.15) is 51.8 Å². The Hall–Kier alpha value is -1.73. The van der Waals surface area contributed by atoms with Crippen LogP contribution < -0.4 is 15.5 Å². The average Bonchev–Trinajstić information content (AvgIpc) is 2.75. The highest BCUT2D eigenvalue weighted by Crippen LogP contribution is 2.34. The van der Waals surface area contributed by atoms with Crippen molar-refractivity contribution in [2.24, 2.45) is 0 Å². The van der Waals surface area contributed by atoms with Crippen molar-refractivity contribution in [2.45, 2.75) is 58.8 Å². The lowest BCUT2D eigenvalue weighted by Crippen LogP contribution is -2.41. The second kappa shape index (κ2) is 6.22. The van der Waals surface area contributed by atoms with Gasteiger partial charge in [0.1, 0.15) is 18.0 Å². The fraction of sp³-hybridized carbons (Fsp3) is 0.611. The molecule has 2 aliphatic heterocycles. The van der Waals surface area contributed by atoms with Gasteiger partial charge in [0.25, 0.3) is 0 Å². The lowest BCUT2D eigenvalue weighted by atomic mass is 9.76. The second-order valence-corrected chi connectivity index (χ2v) is 8.21. The first kappa shape index (κ1) is 18.1. The van der Waals surface area contributed by atoms with Crippen LogP contribution in [0.2, 0.25) is 0 Å². The first-order valence-corrected chi connectivity index (χ1v) is 8.62. The maximum atomic E-state index is 12.0. The van der Waals surface area contributed by atoms with Gasteiger partial charge in [-0.2, -0.15) is 0 Å². The molecule has 0 aromatic heterocycles. The summed E-state index contributed by atoms with van der Waals surface area (Å²) in [5, 5.41) is 2.79. The molecule has 1 unspecified atom stereocenters. The lowest BCUT2D eigenvalue weighted by Gasteiger charge is -2.25. The van der Waals surface area contributed by atoms with Crippen molar-refractivity contribution in [1.82, 2.24) is 5.32 Å². The summed E-state index contributed by atoms with van der Waals surface area (Å²) in [6, 6.07) is 3.97. The Morgan fingerprint density at radius 2 is 2.12 bits per heavy atom. The topological polar surface area (TPSA) is 66.0 Å². The number of benzene rings is 1. The van der Waals surface area contributed by atoms with Crippen LogP contribution in [-0.4, -0.2) is 37.6 Å². The SMILES string of the molecule is Cc1ccc2c3c1C(CNC(=O)OC(C)(C)C)OB3OC(C)(C)CO2. The summed E-state index contributed by atoms with van der Waals surface area (Å²) >= 11 is 0. The van der Waals surface area contributed by atoms with E-state index in [2.05, 4.69) is 5.32 Å². The normalized spacial score (nSPS) is 21.2. The van der Waals surface area contributed by atoms with Crippen LogP contribution in [0.3, 0.4) is 0 Å². The fourth-order valence-corrected chi connectivity index (χ4v) is 3.11. The predicted molar refractivity (Wildman–Crippen MR) is 95.3 cm³/mol. The van der Waals surface area contributed by atoms with E-state index in [9.17, 15) is 4.79 Å². The number of alkyl carbamates (subject to hydrolysis) is 1. The van der Waals surface area contributed by atoms with Crippen molar-refractivity contribution in [3.05, 3.63) is 23.3 Å². The molecular formula is C18H26BNO5. The predicted octanol–water partition coefficient (Wildman–Crippen LogP) is 2.47. The van der Waals surface area contributed by atoms with Crippen molar-refractivity contribution in [3.8, 4) is 5.75 Å². The minimum atomic E-state index is -0.536. The Morgan fingerprint density at radius 3 is 2.80 bits per heavy atom. The van der Waals surface area contributed by atoms with E-state index in [-0.39, 0.29) is 6.10 Å². The number of carbonyl (C=O) groups excluding carboxylic acids is 1. The Balaban J connectivity index is 1.80. The molecule has 7 heteroatoms. The van der Waals surface area contributed by atoms with Crippen molar-refractivity contribution < 1.29 is 23.6 Å². The van der Waals surface area contributed by atoms with Gasteiger partial charge in [0.05, 0.1) is 11.7 Å². The first-order chi connectivity index (χ1) is 11.6. The zero-order chi connectivity index (χ0) is 18.4. The standard InChI is InChI=1S/C18H26BNO5/c1-11-7-8-12-15-14(11)13(9-20-16(21)23-17(2,3)4)24-19(15)25-18(5,6)10-22-12/h7-8,13H,9-10H2,1-6H3,(H,20,21). The molecule has 0 radical (unpaired) electrons. The molecule has 0 bridgehead atoms. The van der Waals surface area contributed by atoms with Gasteiger partial charge in [-0.25, -0.2) is 4.79 Å². The van der Waals surface area contributed by atoms with E-state index in [1.807, 2.05) is 53.7 Å². The molecule has 0 saturated heterocycles. The summed E-state index contributed by atoms with van der Waals surface area (Å²) in [5.41, 5.74) is 2.05. The van der Waals surface area contributed by atoms with Gasteiger partial charge in [0.15, 0.2) is 0 Å². The summed E-state index contributed by atoms with van der Waals surface area (Å²) in [4.78, 5) is 12.0. The van der Waals surface area contributed by atoms with Crippen molar-refractivity contribution in [1.29, 1.82) is 0 Å². The Bertz CT molecular complexity index is 683. The molecule has 0 aliphatic carbocycles. The zero-order valence-electron chi connectivity index (χ0n) is 15.8. The molecule has 1 amide bonds. The summed E-state index contributed by atoms with van der Waals surface area (Å²) in [7, 11) is -0.493. The molecule has 136 valence electrons. The molecule has 25 heavy (non-hydrogen) atoms. The largest absolute Gasteiger partial charge is 0.499 e. The molecule has 2 heterocycles. The van der Waals surface area contributed by atoms with E-state index < -0.39 is 24.4 Å². The van der Waals surface area contributed by atoms with E-state index in [0.29, 0.717) is 13.2 Å². The van der Waals surface area contributed by atoms with Gasteiger partial charge in [0, 0.05) is 12.0 Å². The zero-order valence-corrected chi connectivity index (χ0v) is 15.8. The molecule has 1 N–H and O–H groups in total. The number of hydrogen-bond donors (Lipinski definition) is 1. The van der Waals surface area contributed by atoms with Gasteiger partial charge in [-0.3, -0.25) is 0 Å². The lowest BCUT2D eigenvalue weighted by molar-refractivity contribution is 0.0249. The van der Waals surface area contributed by atoms with Gasteiger partial charge >= 0.3 is 13.2 Å². The number of hydrogen-bond acceptors (Lipinski definition) is 5. The number of nitrogens with one attached hydrogen (secondary N) is 1. The maximum Gasteiger partial charge on any atom is 0.499 e. The first-order valence-electron chi connectivity index (χ1n) is 8.62. The summed E-state index contributed by atoms with van der Waals surface area (Å²) in [6.45, 7) is 12.2. The second-order valence-electron chi connectivity index (χ2n) is 8.21. The Morgan fingerprint density at radius 1 is 1.40 bits per heavy atom. The quantitative estimate of drug-likeness (QED) is 0.833. The number of carbonyl (C=O) groups is 1. The van der Waals surface area contributed by atoms with Crippen LogP contribution in [0.15, 0.2) is 12.1 Å². The van der Waals surface area contributed by atoms with Crippen LogP contribution in [-0.2, 0) is 14.0 Å². The highest BCUT2D eigenvalue weighted by molar-refractivity contribution is 6.64. The van der Waals surface area contributed by atoms with E-state index >= 15 is 0 Å². The molecule has 0 spiro atoms. The van der Waals surface area contributed by atoms with Crippen LogP contribution in [0.4, 0.5) is 4.79 Å². The molecule has 2 aliphatic rings. The number of ether oxygens (including phenoxy) is 2. The van der Waals surface area contributed by atoms with E-state index in [1.54, 1.807) is 0 Å². The van der Waals surface area contributed by atoms with Gasteiger partial charge in [0.2, 0.25) is 0 Å². The molecule has 0 saturated carbocycles. The molecule has 0 fully saturated rings. The van der Waals surface area contributed by atoms with Crippen molar-refractivity contribution >= 4 is 18.7 Å². The van der Waals surface area contributed by atoms with Crippen molar-refractivity contribution in [3.63, 3.8) is 0 Å². The van der Waals surface area contributed by atoms with Crippen LogP contribution in [0, 0.1) is 6.92 Å². The number of rotatable bonds is 2. The minimum Gasteiger partial charge on any atom is -0.491 e. The van der Waals surface area contributed by atoms with Crippen molar-refractivity contribution in [2.75, 3.05) is 13.2 Å². The Labute approximate surface area is 149 Å². The monoisotopic (exact) mass is 347 g/mol. The molecule has 6 nitrogen and oxygen atoms in total. The van der Waals surface area contributed by atoms with Crippen LogP contribution in [0.5, 0.6) is 5.75 Å².